The highest BCUT2D eigenvalue weighted by Crippen LogP contribution is 2.50. The van der Waals surface area contributed by atoms with Gasteiger partial charge in [-0.05, 0) is 86.2 Å². The number of ether oxygens (including phenoxy) is 1. The zero-order chi connectivity index (χ0) is 20.9. The average molecular weight is 399 g/mol. The molecule has 0 spiro atoms. The summed E-state index contributed by atoms with van der Waals surface area (Å²) in [4.78, 5) is 0. The van der Waals surface area contributed by atoms with Crippen molar-refractivity contribution in [1.29, 1.82) is 0 Å². The quantitative estimate of drug-likeness (QED) is 0.486. The van der Waals surface area contributed by atoms with E-state index < -0.39 is 11.2 Å². The Balaban J connectivity index is 2.19. The van der Waals surface area contributed by atoms with Crippen LogP contribution in [0.1, 0.15) is 51.7 Å². The van der Waals surface area contributed by atoms with Crippen molar-refractivity contribution in [2.45, 2.75) is 58.2 Å². The highest BCUT2D eigenvalue weighted by molar-refractivity contribution is 6.30. The van der Waals surface area contributed by atoms with Crippen LogP contribution in [0, 0.1) is 5.82 Å². The minimum Gasteiger partial charge on any atom is -0.361 e. The molecule has 1 fully saturated rings. The summed E-state index contributed by atoms with van der Waals surface area (Å²) in [5.74, 6) is -0.378. The fourth-order valence-electron chi connectivity index (χ4n) is 4.13. The largest absolute Gasteiger partial charge is 0.361 e. The van der Waals surface area contributed by atoms with Gasteiger partial charge in [0, 0.05) is 16.5 Å². The van der Waals surface area contributed by atoms with Crippen molar-refractivity contribution in [1.82, 2.24) is 0 Å². The van der Waals surface area contributed by atoms with E-state index in [-0.39, 0.29) is 11.7 Å². The first-order valence-corrected chi connectivity index (χ1v) is 10.0. The van der Waals surface area contributed by atoms with Crippen LogP contribution >= 0.6 is 11.6 Å². The molecule has 0 amide bonds. The minimum absolute atomic E-state index is 0.0518. The monoisotopic (exact) mass is 398 g/mol. The second-order valence-corrected chi connectivity index (χ2v) is 8.93. The first kappa shape index (κ1) is 20.8. The van der Waals surface area contributed by atoms with E-state index in [0.29, 0.717) is 10.6 Å². The SMILES string of the molecule is C=C1C(c2cc(-c3ccc(Cl)cc3F)ccc2CC)C(=C)C(C)(C)OC1(C)C. The molecule has 0 N–H and O–H groups in total. The lowest BCUT2D eigenvalue weighted by atomic mass is 9.69. The van der Waals surface area contributed by atoms with Gasteiger partial charge in [-0.1, -0.05) is 43.8 Å². The fraction of sp³-hybridized carbons (Fsp3) is 0.360. The molecule has 0 atom stereocenters. The topological polar surface area (TPSA) is 9.23 Å². The van der Waals surface area contributed by atoms with E-state index in [1.165, 1.54) is 11.6 Å². The van der Waals surface area contributed by atoms with Gasteiger partial charge in [-0.25, -0.2) is 4.39 Å². The molecule has 0 bridgehead atoms. The summed E-state index contributed by atoms with van der Waals surface area (Å²) in [5, 5.41) is 0.390. The van der Waals surface area contributed by atoms with Gasteiger partial charge >= 0.3 is 0 Å². The minimum atomic E-state index is -0.484. The first-order valence-electron chi connectivity index (χ1n) is 9.65. The Labute approximate surface area is 172 Å². The molecule has 1 heterocycles. The van der Waals surface area contributed by atoms with E-state index in [1.807, 2.05) is 33.8 Å². The van der Waals surface area contributed by atoms with Crippen LogP contribution in [0.2, 0.25) is 5.02 Å². The second kappa shape index (κ2) is 7.17. The van der Waals surface area contributed by atoms with E-state index in [4.69, 9.17) is 16.3 Å². The zero-order valence-electron chi connectivity index (χ0n) is 17.3. The third kappa shape index (κ3) is 3.56. The van der Waals surface area contributed by atoms with Gasteiger partial charge in [0.15, 0.2) is 0 Å². The maximum Gasteiger partial charge on any atom is 0.132 e. The van der Waals surface area contributed by atoms with Crippen LogP contribution in [0.15, 0.2) is 60.7 Å². The normalized spacial score (nSPS) is 19.1. The van der Waals surface area contributed by atoms with Gasteiger partial charge in [0.05, 0.1) is 11.2 Å². The van der Waals surface area contributed by atoms with Crippen LogP contribution in [0.25, 0.3) is 11.1 Å². The van der Waals surface area contributed by atoms with Gasteiger partial charge in [-0.2, -0.15) is 0 Å². The predicted molar refractivity (Wildman–Crippen MR) is 116 cm³/mol. The summed E-state index contributed by atoms with van der Waals surface area (Å²) in [7, 11) is 0. The van der Waals surface area contributed by atoms with Crippen molar-refractivity contribution >= 4 is 11.6 Å². The molecule has 28 heavy (non-hydrogen) atoms. The third-order valence-electron chi connectivity index (χ3n) is 5.83. The number of halogens is 2. The smallest absolute Gasteiger partial charge is 0.132 e. The Morgan fingerprint density at radius 1 is 1.00 bits per heavy atom. The molecular weight excluding hydrogens is 371 g/mol. The molecule has 1 aliphatic heterocycles. The van der Waals surface area contributed by atoms with E-state index >= 15 is 0 Å². The molecule has 3 rings (SSSR count). The maximum atomic E-state index is 14.6. The lowest BCUT2D eigenvalue weighted by Gasteiger charge is -2.49. The molecule has 1 aliphatic rings. The summed E-state index contributed by atoms with van der Waals surface area (Å²) >= 11 is 5.93. The molecule has 2 aromatic carbocycles. The Hall–Kier alpha value is -1.90. The maximum absolute atomic E-state index is 14.6. The highest BCUT2D eigenvalue weighted by atomic mass is 35.5. The summed E-state index contributed by atoms with van der Waals surface area (Å²) in [6.07, 6.45) is 0.873. The first-order chi connectivity index (χ1) is 13.0. The Kier molecular flexibility index (Phi) is 5.33. The zero-order valence-corrected chi connectivity index (χ0v) is 18.1. The van der Waals surface area contributed by atoms with Crippen LogP contribution < -0.4 is 0 Å². The van der Waals surface area contributed by atoms with Crippen LogP contribution in [0.3, 0.4) is 0 Å². The highest BCUT2D eigenvalue weighted by Gasteiger charge is 2.45. The average Bonchev–Trinajstić information content (AvgIpc) is 2.60. The van der Waals surface area contributed by atoms with Crippen molar-refractivity contribution < 1.29 is 9.13 Å². The predicted octanol–water partition coefficient (Wildman–Crippen LogP) is 7.49. The summed E-state index contributed by atoms with van der Waals surface area (Å²) in [6, 6.07) is 10.9. The number of rotatable bonds is 3. The van der Waals surface area contributed by atoms with E-state index in [0.717, 1.165) is 28.7 Å². The lowest BCUT2D eigenvalue weighted by Crippen LogP contribution is -2.47. The van der Waals surface area contributed by atoms with Crippen molar-refractivity contribution in [3.63, 3.8) is 0 Å². The van der Waals surface area contributed by atoms with Crippen LogP contribution in [-0.2, 0) is 11.2 Å². The summed E-state index contributed by atoms with van der Waals surface area (Å²) in [6.45, 7) is 19.1. The number of hydrogen-bond donors (Lipinski definition) is 0. The molecule has 0 radical (unpaired) electrons. The van der Waals surface area contributed by atoms with Crippen molar-refractivity contribution in [3.8, 4) is 11.1 Å². The molecule has 3 heteroatoms. The Bertz CT molecular complexity index is 929. The van der Waals surface area contributed by atoms with Crippen LogP contribution in [-0.4, -0.2) is 11.2 Å². The van der Waals surface area contributed by atoms with Gasteiger partial charge < -0.3 is 4.74 Å². The van der Waals surface area contributed by atoms with Crippen LogP contribution in [0.4, 0.5) is 4.39 Å². The van der Waals surface area contributed by atoms with E-state index in [1.54, 1.807) is 12.1 Å². The van der Waals surface area contributed by atoms with Gasteiger partial charge in [0.25, 0.3) is 0 Å². The fourth-order valence-corrected chi connectivity index (χ4v) is 4.29. The summed E-state index contributed by atoms with van der Waals surface area (Å²) < 4.78 is 20.8. The molecule has 148 valence electrons. The Morgan fingerprint density at radius 2 is 1.61 bits per heavy atom. The molecule has 0 unspecified atom stereocenters. The van der Waals surface area contributed by atoms with Crippen molar-refractivity contribution in [3.05, 3.63) is 82.7 Å². The summed E-state index contributed by atoms with van der Waals surface area (Å²) in [5.41, 5.74) is 4.66. The van der Waals surface area contributed by atoms with Gasteiger partial charge in [-0.15, -0.1) is 0 Å². The molecule has 1 saturated heterocycles. The van der Waals surface area contributed by atoms with E-state index in [2.05, 4.69) is 32.2 Å². The number of hydrogen-bond acceptors (Lipinski definition) is 1. The van der Waals surface area contributed by atoms with Crippen molar-refractivity contribution in [2.24, 2.45) is 0 Å². The third-order valence-corrected chi connectivity index (χ3v) is 6.07. The molecule has 1 nitrogen and oxygen atoms in total. The number of benzene rings is 2. The lowest BCUT2D eigenvalue weighted by molar-refractivity contribution is -0.100. The Morgan fingerprint density at radius 3 is 2.14 bits per heavy atom. The molecule has 2 aromatic rings. The van der Waals surface area contributed by atoms with Gasteiger partial charge in [-0.3, -0.25) is 0 Å². The van der Waals surface area contributed by atoms with Gasteiger partial charge in [0.1, 0.15) is 5.82 Å². The van der Waals surface area contributed by atoms with Crippen molar-refractivity contribution in [2.75, 3.05) is 0 Å². The molecular formula is C25H28ClFO. The second-order valence-electron chi connectivity index (χ2n) is 8.50. The number of aryl methyl sites for hydroxylation is 1. The standard InChI is InChI=1S/C25H28ClFO/c1-8-17-9-10-18(20-12-11-19(26)14-22(20)27)13-21(17)23-15(2)24(4,5)28-25(6,7)16(23)3/h9-14,23H,2-3,8H2,1,4-7H3. The van der Waals surface area contributed by atoms with Gasteiger partial charge in [0.2, 0.25) is 0 Å². The molecule has 0 aliphatic carbocycles. The molecule has 0 aromatic heterocycles. The molecule has 0 saturated carbocycles. The van der Waals surface area contributed by atoms with Crippen LogP contribution in [0.5, 0.6) is 0 Å². The van der Waals surface area contributed by atoms with E-state index in [9.17, 15) is 4.39 Å².